The van der Waals surface area contributed by atoms with E-state index >= 15 is 0 Å². The van der Waals surface area contributed by atoms with Crippen molar-refractivity contribution in [1.82, 2.24) is 0 Å². The molecule has 108 valence electrons. The highest BCUT2D eigenvalue weighted by Crippen LogP contribution is 2.26. The molecule has 0 radical (unpaired) electrons. The van der Waals surface area contributed by atoms with E-state index in [0.29, 0.717) is 19.3 Å². The molecule has 0 N–H and O–H groups in total. The Balaban J connectivity index is 2.92. The second kappa shape index (κ2) is 8.95. The third-order valence-corrected chi connectivity index (χ3v) is 4.33. The van der Waals surface area contributed by atoms with Crippen LogP contribution in [0.15, 0.2) is 22.7 Å². The van der Waals surface area contributed by atoms with Crippen molar-refractivity contribution < 1.29 is 9.47 Å². The zero-order chi connectivity index (χ0) is 14.3. The van der Waals surface area contributed by atoms with Crippen molar-refractivity contribution >= 4 is 37.5 Å². The normalized spacial score (nSPS) is 12.5. The molecule has 3 nitrogen and oxygen atoms in total. The lowest BCUT2D eigenvalue weighted by Gasteiger charge is -2.31. The van der Waals surface area contributed by atoms with Crippen LogP contribution in [-0.4, -0.2) is 40.0 Å². The minimum atomic E-state index is 0.307. The number of hydrogen-bond acceptors (Lipinski definition) is 3. The van der Waals surface area contributed by atoms with Gasteiger partial charge in [0, 0.05) is 42.3 Å². The average molecular weight is 395 g/mol. The Kier molecular flexibility index (Phi) is 7.99. The molecule has 0 spiro atoms. The molecule has 0 amide bonds. The van der Waals surface area contributed by atoms with Crippen LogP contribution in [0.5, 0.6) is 0 Å². The van der Waals surface area contributed by atoms with Crippen molar-refractivity contribution in [3.8, 4) is 0 Å². The molecule has 0 aromatic heterocycles. The Labute approximate surface area is 132 Å². The minimum absolute atomic E-state index is 0.307. The Hall–Kier alpha value is -0.100. The molecule has 0 heterocycles. The monoisotopic (exact) mass is 393 g/mol. The molecule has 1 rings (SSSR count). The fraction of sp³-hybridized carbons (Fsp3) is 0.571. The van der Waals surface area contributed by atoms with Gasteiger partial charge in [0.25, 0.3) is 0 Å². The van der Waals surface area contributed by atoms with Crippen LogP contribution in [-0.2, 0) is 14.8 Å². The van der Waals surface area contributed by atoms with Crippen molar-refractivity contribution in [3.05, 3.63) is 28.2 Å². The van der Waals surface area contributed by atoms with E-state index in [9.17, 15) is 0 Å². The lowest BCUT2D eigenvalue weighted by Crippen LogP contribution is -2.38. The number of halogens is 2. The second-order valence-corrected chi connectivity index (χ2v) is 5.81. The number of methoxy groups -OCH3 is 2. The van der Waals surface area contributed by atoms with Gasteiger partial charge in [0.1, 0.15) is 0 Å². The van der Waals surface area contributed by atoms with E-state index in [4.69, 9.17) is 9.47 Å². The van der Waals surface area contributed by atoms with Gasteiger partial charge in [0.05, 0.1) is 13.2 Å². The molecule has 0 aliphatic rings. The first-order valence-corrected chi connectivity index (χ1v) is 8.14. The number of rotatable bonds is 8. The van der Waals surface area contributed by atoms with Gasteiger partial charge < -0.3 is 14.4 Å². The van der Waals surface area contributed by atoms with Gasteiger partial charge in [-0.05, 0) is 24.6 Å². The third kappa shape index (κ3) is 5.06. The summed E-state index contributed by atoms with van der Waals surface area (Å²) in [4.78, 5) is 2.30. The van der Waals surface area contributed by atoms with E-state index in [0.717, 1.165) is 16.3 Å². The summed E-state index contributed by atoms with van der Waals surface area (Å²) in [7, 11) is 3.46. The maximum Gasteiger partial charge on any atom is 0.0663 e. The zero-order valence-electron chi connectivity index (χ0n) is 11.7. The van der Waals surface area contributed by atoms with Crippen LogP contribution < -0.4 is 4.90 Å². The number of ether oxygens (including phenoxy) is 2. The standard InChI is InChI=1S/C14H21Br2NO2/c1-11(10-19-3)17(6-7-18-2)13-5-4-12(9-15)14(16)8-13/h4-5,8,11H,6-7,9-10H2,1-3H3. The molecule has 1 atom stereocenters. The summed E-state index contributed by atoms with van der Waals surface area (Å²) in [5.41, 5.74) is 2.42. The van der Waals surface area contributed by atoms with E-state index in [1.54, 1.807) is 14.2 Å². The molecule has 1 unspecified atom stereocenters. The molecule has 0 saturated heterocycles. The molecule has 0 fully saturated rings. The molecule has 0 aliphatic heterocycles. The maximum atomic E-state index is 5.26. The Morgan fingerprint density at radius 1 is 1.26 bits per heavy atom. The van der Waals surface area contributed by atoms with Gasteiger partial charge >= 0.3 is 0 Å². The quantitative estimate of drug-likeness (QED) is 0.625. The molecule has 0 saturated carbocycles. The largest absolute Gasteiger partial charge is 0.383 e. The summed E-state index contributed by atoms with van der Waals surface area (Å²) < 4.78 is 11.6. The van der Waals surface area contributed by atoms with E-state index < -0.39 is 0 Å². The molecule has 1 aromatic carbocycles. The van der Waals surface area contributed by atoms with Gasteiger partial charge in [-0.2, -0.15) is 0 Å². The summed E-state index contributed by atoms with van der Waals surface area (Å²) in [5.74, 6) is 0. The summed E-state index contributed by atoms with van der Waals surface area (Å²) >= 11 is 7.09. The van der Waals surface area contributed by atoms with Crippen LogP contribution in [0.25, 0.3) is 0 Å². The molecule has 0 bridgehead atoms. The fourth-order valence-electron chi connectivity index (χ4n) is 1.95. The van der Waals surface area contributed by atoms with Gasteiger partial charge in [-0.3, -0.25) is 0 Å². The van der Waals surface area contributed by atoms with Crippen LogP contribution >= 0.6 is 31.9 Å². The van der Waals surface area contributed by atoms with Crippen LogP contribution in [0.2, 0.25) is 0 Å². The van der Waals surface area contributed by atoms with E-state index in [1.807, 2.05) is 0 Å². The fourth-order valence-corrected chi connectivity index (χ4v) is 3.32. The molecule has 5 heteroatoms. The zero-order valence-corrected chi connectivity index (χ0v) is 14.8. The van der Waals surface area contributed by atoms with Gasteiger partial charge in [-0.15, -0.1) is 0 Å². The van der Waals surface area contributed by atoms with Gasteiger partial charge in [-0.25, -0.2) is 0 Å². The SMILES string of the molecule is COCCN(c1ccc(CBr)c(Br)c1)C(C)COC. The van der Waals surface area contributed by atoms with Crippen molar-refractivity contribution in [2.75, 3.05) is 38.9 Å². The lowest BCUT2D eigenvalue weighted by atomic mass is 10.2. The topological polar surface area (TPSA) is 21.7 Å². The van der Waals surface area contributed by atoms with Crippen LogP contribution in [0.3, 0.4) is 0 Å². The van der Waals surface area contributed by atoms with Crippen molar-refractivity contribution in [3.63, 3.8) is 0 Å². The predicted octanol–water partition coefficient (Wildman–Crippen LogP) is 3.83. The van der Waals surface area contributed by atoms with Crippen LogP contribution in [0.1, 0.15) is 12.5 Å². The highest BCUT2D eigenvalue weighted by Gasteiger charge is 2.15. The van der Waals surface area contributed by atoms with E-state index in [1.165, 1.54) is 11.3 Å². The molecular weight excluding hydrogens is 374 g/mol. The lowest BCUT2D eigenvalue weighted by molar-refractivity contribution is 0.171. The Morgan fingerprint density at radius 2 is 2.00 bits per heavy atom. The first-order valence-electron chi connectivity index (χ1n) is 6.23. The number of alkyl halides is 1. The van der Waals surface area contributed by atoms with Crippen molar-refractivity contribution in [2.45, 2.75) is 18.3 Å². The molecule has 19 heavy (non-hydrogen) atoms. The van der Waals surface area contributed by atoms with Crippen molar-refractivity contribution in [1.29, 1.82) is 0 Å². The number of benzene rings is 1. The number of nitrogens with zero attached hydrogens (tertiary/aromatic N) is 1. The highest BCUT2D eigenvalue weighted by atomic mass is 79.9. The third-order valence-electron chi connectivity index (χ3n) is 2.99. The summed E-state index contributed by atoms with van der Waals surface area (Å²) in [6, 6.07) is 6.73. The van der Waals surface area contributed by atoms with Gasteiger partial charge in [0.2, 0.25) is 0 Å². The van der Waals surface area contributed by atoms with E-state index in [2.05, 4.69) is 61.9 Å². The highest BCUT2D eigenvalue weighted by molar-refractivity contribution is 9.10. The van der Waals surface area contributed by atoms with Gasteiger partial charge in [0.15, 0.2) is 0 Å². The predicted molar refractivity (Wildman–Crippen MR) is 87.3 cm³/mol. The number of hydrogen-bond donors (Lipinski definition) is 0. The first-order chi connectivity index (χ1) is 9.13. The summed E-state index contributed by atoms with van der Waals surface area (Å²) in [6.45, 7) is 4.40. The smallest absolute Gasteiger partial charge is 0.0663 e. The minimum Gasteiger partial charge on any atom is -0.383 e. The molecule has 1 aromatic rings. The molecule has 0 aliphatic carbocycles. The van der Waals surface area contributed by atoms with Crippen LogP contribution in [0, 0.1) is 0 Å². The van der Waals surface area contributed by atoms with Crippen molar-refractivity contribution in [2.24, 2.45) is 0 Å². The Bertz CT molecular complexity index is 388. The molecular formula is C14H21Br2NO2. The summed E-state index contributed by atoms with van der Waals surface area (Å²) in [6.07, 6.45) is 0. The maximum absolute atomic E-state index is 5.26. The number of anilines is 1. The summed E-state index contributed by atoms with van der Waals surface area (Å²) in [5, 5.41) is 0.847. The van der Waals surface area contributed by atoms with Gasteiger partial charge in [-0.1, -0.05) is 37.9 Å². The first kappa shape index (κ1) is 17.0. The second-order valence-electron chi connectivity index (χ2n) is 4.40. The Morgan fingerprint density at radius 3 is 2.53 bits per heavy atom. The average Bonchev–Trinajstić information content (AvgIpc) is 2.39. The van der Waals surface area contributed by atoms with E-state index in [-0.39, 0.29) is 0 Å². The van der Waals surface area contributed by atoms with Crippen LogP contribution in [0.4, 0.5) is 5.69 Å².